The Bertz CT molecular complexity index is 638. The lowest BCUT2D eigenvalue weighted by atomic mass is 10.1. The van der Waals surface area contributed by atoms with Gasteiger partial charge in [0.2, 0.25) is 10.0 Å². The monoisotopic (exact) mass is 315 g/mol. The Morgan fingerprint density at radius 2 is 2.00 bits per heavy atom. The first-order valence-electron chi connectivity index (χ1n) is 6.44. The Hall–Kier alpha value is -1.71. The van der Waals surface area contributed by atoms with Gasteiger partial charge in [0, 0.05) is 25.2 Å². The third-order valence-electron chi connectivity index (χ3n) is 3.48. The summed E-state index contributed by atoms with van der Waals surface area (Å²) in [4.78, 5) is 10.2. The third-order valence-corrected chi connectivity index (χ3v) is 5.38. The molecule has 1 saturated heterocycles. The van der Waals surface area contributed by atoms with Crippen molar-refractivity contribution in [1.29, 1.82) is 0 Å². The highest BCUT2D eigenvalue weighted by Crippen LogP contribution is 2.31. The van der Waals surface area contributed by atoms with Crippen LogP contribution in [0.5, 0.6) is 5.75 Å². The molecule has 0 bridgehead atoms. The molecule has 0 radical (unpaired) electrons. The van der Waals surface area contributed by atoms with Crippen molar-refractivity contribution in [2.24, 2.45) is 5.73 Å². The van der Waals surface area contributed by atoms with Crippen molar-refractivity contribution in [3.05, 3.63) is 28.3 Å². The van der Waals surface area contributed by atoms with Gasteiger partial charge in [0.15, 0.2) is 5.75 Å². The second-order valence-corrected chi connectivity index (χ2v) is 6.77. The molecule has 21 heavy (non-hydrogen) atoms. The molecule has 1 fully saturated rings. The van der Waals surface area contributed by atoms with Gasteiger partial charge in [-0.15, -0.1) is 0 Å². The summed E-state index contributed by atoms with van der Waals surface area (Å²) >= 11 is 0. The van der Waals surface area contributed by atoms with Gasteiger partial charge in [-0.1, -0.05) is 0 Å². The quantitative estimate of drug-likeness (QED) is 0.646. The van der Waals surface area contributed by atoms with E-state index in [2.05, 4.69) is 0 Å². The highest BCUT2D eigenvalue weighted by molar-refractivity contribution is 7.89. The summed E-state index contributed by atoms with van der Waals surface area (Å²) < 4.78 is 31.2. The molecule has 2 rings (SSSR count). The Balaban J connectivity index is 2.36. The number of rotatable bonds is 4. The topological polar surface area (TPSA) is 116 Å². The zero-order chi connectivity index (χ0) is 15.6. The fraction of sp³-hybridized carbons (Fsp3) is 0.500. The zero-order valence-electron chi connectivity index (χ0n) is 11.6. The third kappa shape index (κ3) is 3.14. The van der Waals surface area contributed by atoms with E-state index in [1.165, 1.54) is 23.5 Å². The van der Waals surface area contributed by atoms with E-state index in [4.69, 9.17) is 10.5 Å². The number of nitro benzene ring substituents is 1. The van der Waals surface area contributed by atoms with Crippen molar-refractivity contribution in [3.63, 3.8) is 0 Å². The number of benzene rings is 1. The fourth-order valence-electron chi connectivity index (χ4n) is 2.24. The van der Waals surface area contributed by atoms with Crippen LogP contribution in [0, 0.1) is 10.1 Å². The first-order valence-corrected chi connectivity index (χ1v) is 7.88. The van der Waals surface area contributed by atoms with Crippen molar-refractivity contribution < 1.29 is 18.1 Å². The molecule has 0 amide bonds. The SMILES string of the molecule is COc1ccc(S(=O)(=O)N2CCC(N)CC2)cc1[N+](=O)[O-]. The number of nitro groups is 1. The van der Waals surface area contributed by atoms with Crippen LogP contribution in [0.25, 0.3) is 0 Å². The summed E-state index contributed by atoms with van der Waals surface area (Å²) in [6, 6.07) is 3.64. The maximum Gasteiger partial charge on any atom is 0.312 e. The zero-order valence-corrected chi connectivity index (χ0v) is 12.4. The van der Waals surface area contributed by atoms with Crippen LogP contribution < -0.4 is 10.5 Å². The predicted molar refractivity (Wildman–Crippen MR) is 75.6 cm³/mol. The van der Waals surface area contributed by atoms with Crippen LogP contribution >= 0.6 is 0 Å². The smallest absolute Gasteiger partial charge is 0.312 e. The second kappa shape index (κ2) is 5.96. The van der Waals surface area contributed by atoms with Gasteiger partial charge in [0.1, 0.15) is 0 Å². The Kier molecular flexibility index (Phi) is 4.45. The fourth-order valence-corrected chi connectivity index (χ4v) is 3.73. The molecule has 0 atom stereocenters. The van der Waals surface area contributed by atoms with Crippen LogP contribution in [0.3, 0.4) is 0 Å². The molecule has 1 aromatic carbocycles. The number of hydrogen-bond donors (Lipinski definition) is 1. The largest absolute Gasteiger partial charge is 0.490 e. The second-order valence-electron chi connectivity index (χ2n) is 4.83. The van der Waals surface area contributed by atoms with Gasteiger partial charge in [-0.25, -0.2) is 8.42 Å². The minimum Gasteiger partial charge on any atom is -0.490 e. The summed E-state index contributed by atoms with van der Waals surface area (Å²) in [7, 11) is -2.45. The molecular weight excluding hydrogens is 298 g/mol. The van der Waals surface area contributed by atoms with Gasteiger partial charge in [-0.2, -0.15) is 4.31 Å². The van der Waals surface area contributed by atoms with Gasteiger partial charge in [0.25, 0.3) is 0 Å². The van der Waals surface area contributed by atoms with E-state index in [0.717, 1.165) is 6.07 Å². The molecule has 116 valence electrons. The van der Waals surface area contributed by atoms with Crippen molar-refractivity contribution in [3.8, 4) is 5.75 Å². The van der Waals surface area contributed by atoms with E-state index in [-0.39, 0.29) is 22.4 Å². The highest BCUT2D eigenvalue weighted by atomic mass is 32.2. The van der Waals surface area contributed by atoms with Crippen molar-refractivity contribution >= 4 is 15.7 Å². The standard InChI is InChI=1S/C12H17N3O5S/c1-20-12-3-2-10(8-11(12)15(16)17)21(18,19)14-6-4-9(13)5-7-14/h2-3,8-9H,4-7,13H2,1H3. The molecule has 1 heterocycles. The predicted octanol–water partition coefficient (Wildman–Crippen LogP) is 0.715. The van der Waals surface area contributed by atoms with Gasteiger partial charge in [-0.3, -0.25) is 10.1 Å². The first-order chi connectivity index (χ1) is 9.86. The molecule has 1 aliphatic rings. The average Bonchev–Trinajstić information content (AvgIpc) is 2.46. The number of nitrogens with zero attached hydrogens (tertiary/aromatic N) is 2. The molecule has 1 aromatic rings. The maximum atomic E-state index is 12.5. The number of methoxy groups -OCH3 is 1. The summed E-state index contributed by atoms with van der Waals surface area (Å²) in [5.74, 6) is 0.0274. The molecular formula is C12H17N3O5S. The molecule has 0 aromatic heterocycles. The number of ether oxygens (including phenoxy) is 1. The van der Waals surface area contributed by atoms with E-state index < -0.39 is 14.9 Å². The summed E-state index contributed by atoms with van der Waals surface area (Å²) in [6.07, 6.45) is 1.16. The van der Waals surface area contributed by atoms with E-state index >= 15 is 0 Å². The summed E-state index contributed by atoms with van der Waals surface area (Å²) in [6.45, 7) is 0.645. The van der Waals surface area contributed by atoms with Crippen LogP contribution in [-0.4, -0.2) is 43.9 Å². The van der Waals surface area contributed by atoms with E-state index in [1.807, 2.05) is 0 Å². The average molecular weight is 315 g/mol. The number of hydrogen-bond acceptors (Lipinski definition) is 6. The molecule has 0 unspecified atom stereocenters. The van der Waals surface area contributed by atoms with E-state index in [0.29, 0.717) is 25.9 Å². The normalized spacial score (nSPS) is 17.6. The van der Waals surface area contributed by atoms with Gasteiger partial charge in [-0.05, 0) is 25.0 Å². The van der Waals surface area contributed by atoms with Crippen molar-refractivity contribution in [1.82, 2.24) is 4.31 Å². The van der Waals surface area contributed by atoms with Crippen molar-refractivity contribution in [2.45, 2.75) is 23.8 Å². The van der Waals surface area contributed by atoms with E-state index in [9.17, 15) is 18.5 Å². The number of piperidine rings is 1. The van der Waals surface area contributed by atoms with Crippen LogP contribution in [0.1, 0.15) is 12.8 Å². The Labute approximate surface area is 122 Å². The highest BCUT2D eigenvalue weighted by Gasteiger charge is 2.30. The minimum atomic E-state index is -3.75. The van der Waals surface area contributed by atoms with Crippen LogP contribution in [0.15, 0.2) is 23.1 Å². The lowest BCUT2D eigenvalue weighted by Crippen LogP contribution is -2.42. The maximum absolute atomic E-state index is 12.5. The number of sulfonamides is 1. The molecule has 2 N–H and O–H groups in total. The Morgan fingerprint density at radius 1 is 1.38 bits per heavy atom. The lowest BCUT2D eigenvalue weighted by Gasteiger charge is -2.29. The number of nitrogens with two attached hydrogens (primary N) is 1. The molecule has 0 aliphatic carbocycles. The van der Waals surface area contributed by atoms with E-state index in [1.54, 1.807) is 0 Å². The van der Waals surface area contributed by atoms with Crippen LogP contribution in [0.4, 0.5) is 5.69 Å². The molecule has 8 nitrogen and oxygen atoms in total. The molecule has 9 heteroatoms. The first kappa shape index (κ1) is 15.7. The van der Waals surface area contributed by atoms with Crippen LogP contribution in [-0.2, 0) is 10.0 Å². The minimum absolute atomic E-state index is 0.00153. The van der Waals surface area contributed by atoms with Crippen LogP contribution in [0.2, 0.25) is 0 Å². The van der Waals surface area contributed by atoms with Gasteiger partial charge >= 0.3 is 5.69 Å². The van der Waals surface area contributed by atoms with Gasteiger partial charge < -0.3 is 10.5 Å². The molecule has 1 aliphatic heterocycles. The molecule has 0 saturated carbocycles. The lowest BCUT2D eigenvalue weighted by molar-refractivity contribution is -0.386. The van der Waals surface area contributed by atoms with Gasteiger partial charge in [0.05, 0.1) is 16.9 Å². The van der Waals surface area contributed by atoms with Crippen molar-refractivity contribution in [2.75, 3.05) is 20.2 Å². The summed E-state index contributed by atoms with van der Waals surface area (Å²) in [5.41, 5.74) is 5.39. The summed E-state index contributed by atoms with van der Waals surface area (Å²) in [5, 5.41) is 11.0. The molecule has 0 spiro atoms. The Morgan fingerprint density at radius 3 is 2.52 bits per heavy atom.